The van der Waals surface area contributed by atoms with Gasteiger partial charge < -0.3 is 10.2 Å². The summed E-state index contributed by atoms with van der Waals surface area (Å²) in [5.41, 5.74) is 3.97. The summed E-state index contributed by atoms with van der Waals surface area (Å²) in [5, 5.41) is 2.87. The van der Waals surface area contributed by atoms with Gasteiger partial charge in [-0.25, -0.2) is 0 Å². The van der Waals surface area contributed by atoms with Crippen LogP contribution in [0.15, 0.2) is 53.4 Å². The molecule has 1 heterocycles. The fourth-order valence-electron chi connectivity index (χ4n) is 2.58. The number of carbonyl (C=O) groups is 2. The number of thioether (sulfide) groups is 1. The van der Waals surface area contributed by atoms with Crippen LogP contribution >= 0.6 is 11.8 Å². The molecule has 0 saturated carbocycles. The second-order valence-corrected chi connectivity index (χ2v) is 7.29. The molecule has 26 heavy (non-hydrogen) atoms. The lowest BCUT2D eigenvalue weighted by Crippen LogP contribution is -2.33. The standard InChI is InChI=1S/C20H21N3O2S/c1-14-5-4-6-16(11-14)21-13-23-19(24)18(26-20(23)25)12-15-7-9-17(10-8-15)22(2)3/h4-12,21H,13H2,1-3H3. The van der Waals surface area contributed by atoms with Crippen molar-refractivity contribution < 1.29 is 9.59 Å². The van der Waals surface area contributed by atoms with Crippen LogP contribution in [0.4, 0.5) is 16.2 Å². The fourth-order valence-corrected chi connectivity index (χ4v) is 3.42. The van der Waals surface area contributed by atoms with Crippen molar-refractivity contribution in [2.45, 2.75) is 6.92 Å². The highest BCUT2D eigenvalue weighted by Gasteiger charge is 2.34. The summed E-state index contributed by atoms with van der Waals surface area (Å²) in [6.07, 6.45) is 1.76. The van der Waals surface area contributed by atoms with Crippen LogP contribution in [0.3, 0.4) is 0 Å². The van der Waals surface area contributed by atoms with Gasteiger partial charge in [0, 0.05) is 25.5 Å². The monoisotopic (exact) mass is 367 g/mol. The normalized spacial score (nSPS) is 15.7. The Hall–Kier alpha value is -2.73. The van der Waals surface area contributed by atoms with Gasteiger partial charge in [-0.05, 0) is 60.2 Å². The van der Waals surface area contributed by atoms with Gasteiger partial charge in [0.15, 0.2) is 0 Å². The molecule has 6 heteroatoms. The molecule has 0 aromatic heterocycles. The molecule has 1 saturated heterocycles. The maximum absolute atomic E-state index is 12.6. The molecule has 1 fully saturated rings. The van der Waals surface area contributed by atoms with Gasteiger partial charge >= 0.3 is 0 Å². The minimum atomic E-state index is -0.267. The Morgan fingerprint density at radius 1 is 1.12 bits per heavy atom. The van der Waals surface area contributed by atoms with E-state index in [1.165, 1.54) is 4.90 Å². The number of hydrogen-bond donors (Lipinski definition) is 1. The maximum Gasteiger partial charge on any atom is 0.295 e. The second-order valence-electron chi connectivity index (χ2n) is 6.30. The topological polar surface area (TPSA) is 52.7 Å². The zero-order valence-electron chi connectivity index (χ0n) is 15.0. The van der Waals surface area contributed by atoms with Gasteiger partial charge in [-0.1, -0.05) is 24.3 Å². The lowest BCUT2D eigenvalue weighted by Gasteiger charge is -2.14. The average molecular weight is 367 g/mol. The van der Waals surface area contributed by atoms with E-state index in [9.17, 15) is 9.59 Å². The molecule has 2 aromatic carbocycles. The van der Waals surface area contributed by atoms with E-state index in [1.54, 1.807) is 6.08 Å². The molecule has 0 bridgehead atoms. The SMILES string of the molecule is Cc1cccc(NCN2C(=O)SC(=Cc3ccc(N(C)C)cc3)C2=O)c1. The van der Waals surface area contributed by atoms with Crippen molar-refractivity contribution in [3.63, 3.8) is 0 Å². The number of imide groups is 1. The van der Waals surface area contributed by atoms with Crippen LogP contribution in [-0.2, 0) is 4.79 Å². The van der Waals surface area contributed by atoms with Crippen LogP contribution in [0.25, 0.3) is 6.08 Å². The fraction of sp³-hybridized carbons (Fsp3) is 0.200. The van der Waals surface area contributed by atoms with E-state index in [2.05, 4.69) is 5.32 Å². The van der Waals surface area contributed by atoms with Crippen molar-refractivity contribution in [2.24, 2.45) is 0 Å². The molecule has 1 aliphatic heterocycles. The molecule has 0 radical (unpaired) electrons. The highest BCUT2D eigenvalue weighted by Crippen LogP contribution is 2.32. The van der Waals surface area contributed by atoms with Gasteiger partial charge in [0.25, 0.3) is 11.1 Å². The van der Waals surface area contributed by atoms with E-state index < -0.39 is 0 Å². The van der Waals surface area contributed by atoms with Crippen molar-refractivity contribution in [1.29, 1.82) is 0 Å². The summed E-state index contributed by atoms with van der Waals surface area (Å²) in [5.74, 6) is -0.267. The Kier molecular flexibility index (Phi) is 5.32. The molecule has 1 aliphatic rings. The number of nitrogens with zero attached hydrogens (tertiary/aromatic N) is 2. The zero-order valence-corrected chi connectivity index (χ0v) is 15.8. The first-order valence-electron chi connectivity index (χ1n) is 8.27. The Morgan fingerprint density at radius 2 is 1.85 bits per heavy atom. The first-order chi connectivity index (χ1) is 12.4. The van der Waals surface area contributed by atoms with Gasteiger partial charge in [-0.2, -0.15) is 0 Å². The van der Waals surface area contributed by atoms with Crippen molar-refractivity contribution in [3.05, 3.63) is 64.6 Å². The minimum absolute atomic E-state index is 0.158. The third kappa shape index (κ3) is 4.08. The summed E-state index contributed by atoms with van der Waals surface area (Å²) in [6.45, 7) is 2.15. The highest BCUT2D eigenvalue weighted by molar-refractivity contribution is 8.18. The first kappa shape index (κ1) is 18.1. The van der Waals surface area contributed by atoms with E-state index in [4.69, 9.17) is 0 Å². The zero-order chi connectivity index (χ0) is 18.7. The van der Waals surface area contributed by atoms with E-state index in [-0.39, 0.29) is 17.8 Å². The van der Waals surface area contributed by atoms with Crippen LogP contribution in [0.2, 0.25) is 0 Å². The Labute approximate surface area is 157 Å². The predicted molar refractivity (Wildman–Crippen MR) is 108 cm³/mol. The third-order valence-corrected chi connectivity index (χ3v) is 4.95. The van der Waals surface area contributed by atoms with Gasteiger partial charge in [0.05, 0.1) is 11.6 Å². The van der Waals surface area contributed by atoms with Gasteiger partial charge in [0.1, 0.15) is 0 Å². The molecule has 0 unspecified atom stereocenters. The molecule has 1 N–H and O–H groups in total. The summed E-state index contributed by atoms with van der Waals surface area (Å²) < 4.78 is 0. The molecule has 0 aliphatic carbocycles. The van der Waals surface area contributed by atoms with Crippen molar-refractivity contribution in [1.82, 2.24) is 4.90 Å². The summed E-state index contributed by atoms with van der Waals surface area (Å²) >= 11 is 0.974. The number of carbonyl (C=O) groups excluding carboxylic acids is 2. The van der Waals surface area contributed by atoms with Crippen molar-refractivity contribution >= 4 is 40.4 Å². The smallest absolute Gasteiger partial charge is 0.295 e. The number of anilines is 2. The van der Waals surface area contributed by atoms with E-state index in [1.807, 2.05) is 74.4 Å². The van der Waals surface area contributed by atoms with Crippen molar-refractivity contribution in [3.8, 4) is 0 Å². The van der Waals surface area contributed by atoms with Gasteiger partial charge in [-0.3, -0.25) is 14.5 Å². The molecular formula is C20H21N3O2S. The second kappa shape index (κ2) is 7.66. The maximum atomic E-state index is 12.6. The number of amides is 2. The molecule has 3 rings (SSSR count). The van der Waals surface area contributed by atoms with Crippen LogP contribution < -0.4 is 10.2 Å². The average Bonchev–Trinajstić information content (AvgIpc) is 2.87. The Bertz CT molecular complexity index is 860. The summed E-state index contributed by atoms with van der Waals surface area (Å²) in [4.78, 5) is 28.4. The summed E-state index contributed by atoms with van der Waals surface area (Å²) in [7, 11) is 3.95. The first-order valence-corrected chi connectivity index (χ1v) is 9.09. The largest absolute Gasteiger partial charge is 0.378 e. The molecule has 0 atom stereocenters. The van der Waals surface area contributed by atoms with Crippen LogP contribution in [0.5, 0.6) is 0 Å². The van der Waals surface area contributed by atoms with Crippen molar-refractivity contribution in [2.75, 3.05) is 31.0 Å². The van der Waals surface area contributed by atoms with Crippen LogP contribution in [0.1, 0.15) is 11.1 Å². The van der Waals surface area contributed by atoms with E-state index in [0.29, 0.717) is 4.91 Å². The number of aryl methyl sites for hydroxylation is 1. The third-order valence-electron chi connectivity index (χ3n) is 4.04. The molecule has 2 aromatic rings. The molecule has 134 valence electrons. The van der Waals surface area contributed by atoms with E-state index >= 15 is 0 Å². The number of benzene rings is 2. The Morgan fingerprint density at radius 3 is 2.50 bits per heavy atom. The molecule has 2 amide bonds. The quantitative estimate of drug-likeness (QED) is 0.804. The Balaban J connectivity index is 1.69. The minimum Gasteiger partial charge on any atom is -0.378 e. The van der Waals surface area contributed by atoms with Gasteiger partial charge in [0.2, 0.25) is 0 Å². The van der Waals surface area contributed by atoms with E-state index in [0.717, 1.165) is 34.3 Å². The lowest BCUT2D eigenvalue weighted by atomic mass is 10.2. The number of nitrogens with one attached hydrogen (secondary N) is 1. The number of hydrogen-bond acceptors (Lipinski definition) is 5. The molecule has 5 nitrogen and oxygen atoms in total. The molecule has 0 spiro atoms. The predicted octanol–water partition coefficient (Wildman–Crippen LogP) is 4.17. The summed E-state index contributed by atoms with van der Waals surface area (Å²) in [6, 6.07) is 15.7. The van der Waals surface area contributed by atoms with Crippen LogP contribution in [0, 0.1) is 6.92 Å². The molecular weight excluding hydrogens is 346 g/mol. The lowest BCUT2D eigenvalue weighted by molar-refractivity contribution is -0.122. The number of rotatable bonds is 5. The van der Waals surface area contributed by atoms with Crippen LogP contribution in [-0.4, -0.2) is 36.8 Å². The highest BCUT2D eigenvalue weighted by atomic mass is 32.2. The van der Waals surface area contributed by atoms with Gasteiger partial charge in [-0.15, -0.1) is 0 Å².